The second-order valence-electron chi connectivity index (χ2n) is 4.94. The first-order valence-corrected chi connectivity index (χ1v) is 6.65. The molecule has 0 aliphatic rings. The minimum absolute atomic E-state index is 0.107. The summed E-state index contributed by atoms with van der Waals surface area (Å²) in [7, 11) is 0. The second kappa shape index (κ2) is 5.32. The van der Waals surface area contributed by atoms with E-state index in [1.165, 1.54) is 0 Å². The monoisotopic (exact) mass is 281 g/mol. The largest absolute Gasteiger partial charge is 0.309 e. The van der Waals surface area contributed by atoms with Crippen LogP contribution >= 0.6 is 0 Å². The van der Waals surface area contributed by atoms with Gasteiger partial charge in [-0.1, -0.05) is 11.3 Å². The van der Waals surface area contributed by atoms with Crippen LogP contribution in [0.4, 0.5) is 5.82 Å². The zero-order valence-corrected chi connectivity index (χ0v) is 11.9. The lowest BCUT2D eigenvalue weighted by molar-refractivity contribution is -0.116. The first kappa shape index (κ1) is 13.2. The predicted octanol–water partition coefficient (Wildman–Crippen LogP) is 2.08. The average molecular weight is 281 g/mol. The normalized spacial score (nSPS) is 10.8. The fourth-order valence-electron chi connectivity index (χ4n) is 2.09. The predicted molar refractivity (Wildman–Crippen MR) is 79.9 cm³/mol. The van der Waals surface area contributed by atoms with Crippen LogP contribution in [0.15, 0.2) is 36.5 Å². The summed E-state index contributed by atoms with van der Waals surface area (Å²) in [6.45, 7) is 4.16. The maximum Gasteiger partial charge on any atom is 0.247 e. The third-order valence-electron chi connectivity index (χ3n) is 3.36. The summed E-state index contributed by atoms with van der Waals surface area (Å²) in [5.74, 6) is 0.345. The molecule has 3 aromatic rings. The number of hydrogen-bond acceptors (Lipinski definition) is 4. The van der Waals surface area contributed by atoms with Gasteiger partial charge in [-0.25, -0.2) is 9.67 Å². The molecular formula is C15H15N5O. The molecule has 1 aromatic carbocycles. The van der Waals surface area contributed by atoms with E-state index in [4.69, 9.17) is 0 Å². The standard InChI is InChI=1S/C15H15N5O/c1-10-7-12-13(8-11(10)2)20(19-18-12)9-15(21)17-14-5-3-4-6-16-14/h3-8H,9H2,1-2H3,(H,16,17,21). The highest BCUT2D eigenvalue weighted by molar-refractivity contribution is 5.90. The summed E-state index contributed by atoms with van der Waals surface area (Å²) in [6.07, 6.45) is 1.63. The van der Waals surface area contributed by atoms with Crippen LogP contribution in [0, 0.1) is 13.8 Å². The van der Waals surface area contributed by atoms with Crippen molar-refractivity contribution in [1.29, 1.82) is 0 Å². The molecule has 6 heteroatoms. The van der Waals surface area contributed by atoms with Crippen molar-refractivity contribution in [3.8, 4) is 0 Å². The Morgan fingerprint density at radius 1 is 1.24 bits per heavy atom. The van der Waals surface area contributed by atoms with Gasteiger partial charge in [-0.2, -0.15) is 0 Å². The summed E-state index contributed by atoms with van der Waals surface area (Å²) < 4.78 is 1.60. The van der Waals surface area contributed by atoms with E-state index in [-0.39, 0.29) is 12.5 Å². The van der Waals surface area contributed by atoms with Gasteiger partial charge in [0.1, 0.15) is 17.9 Å². The van der Waals surface area contributed by atoms with Gasteiger partial charge in [0.25, 0.3) is 0 Å². The minimum atomic E-state index is -0.182. The number of anilines is 1. The molecule has 1 N–H and O–H groups in total. The highest BCUT2D eigenvalue weighted by Crippen LogP contribution is 2.17. The van der Waals surface area contributed by atoms with Gasteiger partial charge >= 0.3 is 0 Å². The molecule has 0 atom stereocenters. The summed E-state index contributed by atoms with van der Waals surface area (Å²) in [4.78, 5) is 16.1. The topological polar surface area (TPSA) is 72.7 Å². The Morgan fingerprint density at radius 2 is 2.05 bits per heavy atom. The molecule has 0 bridgehead atoms. The van der Waals surface area contributed by atoms with Crippen molar-refractivity contribution in [2.75, 3.05) is 5.32 Å². The van der Waals surface area contributed by atoms with E-state index in [9.17, 15) is 4.79 Å². The molecule has 0 radical (unpaired) electrons. The maximum atomic E-state index is 12.0. The Labute approximate surface area is 121 Å². The summed E-state index contributed by atoms with van der Waals surface area (Å²) in [5, 5.41) is 10.9. The van der Waals surface area contributed by atoms with E-state index in [0.29, 0.717) is 5.82 Å². The van der Waals surface area contributed by atoms with Crippen LogP contribution in [0.5, 0.6) is 0 Å². The number of aromatic nitrogens is 4. The van der Waals surface area contributed by atoms with E-state index >= 15 is 0 Å². The van der Waals surface area contributed by atoms with Gasteiger partial charge in [-0.05, 0) is 49.2 Å². The fourth-order valence-corrected chi connectivity index (χ4v) is 2.09. The van der Waals surface area contributed by atoms with E-state index < -0.39 is 0 Å². The lowest BCUT2D eigenvalue weighted by Crippen LogP contribution is -2.20. The smallest absolute Gasteiger partial charge is 0.247 e. The van der Waals surface area contributed by atoms with E-state index in [2.05, 4.69) is 20.6 Å². The van der Waals surface area contributed by atoms with Crippen LogP contribution in [0.25, 0.3) is 11.0 Å². The van der Waals surface area contributed by atoms with Gasteiger partial charge in [0.05, 0.1) is 5.52 Å². The molecule has 0 fully saturated rings. The lowest BCUT2D eigenvalue weighted by atomic mass is 10.1. The van der Waals surface area contributed by atoms with Gasteiger partial charge in [0, 0.05) is 6.20 Å². The molecule has 0 aliphatic heterocycles. The molecule has 1 amide bonds. The number of carbonyl (C=O) groups excluding carboxylic acids is 1. The first-order valence-electron chi connectivity index (χ1n) is 6.65. The zero-order chi connectivity index (χ0) is 14.8. The molecule has 21 heavy (non-hydrogen) atoms. The first-order chi connectivity index (χ1) is 10.1. The summed E-state index contributed by atoms with van der Waals surface area (Å²) in [6, 6.07) is 9.33. The Hall–Kier alpha value is -2.76. The van der Waals surface area contributed by atoms with Crippen LogP contribution in [-0.4, -0.2) is 25.9 Å². The Balaban J connectivity index is 1.82. The van der Waals surface area contributed by atoms with Crippen molar-refractivity contribution in [2.24, 2.45) is 0 Å². The number of hydrogen-bond donors (Lipinski definition) is 1. The van der Waals surface area contributed by atoms with Crippen LogP contribution in [-0.2, 0) is 11.3 Å². The zero-order valence-electron chi connectivity index (χ0n) is 11.9. The number of nitrogens with one attached hydrogen (secondary N) is 1. The molecular weight excluding hydrogens is 266 g/mol. The molecule has 3 rings (SSSR count). The number of carbonyl (C=O) groups is 1. The molecule has 0 saturated heterocycles. The van der Waals surface area contributed by atoms with Crippen molar-refractivity contribution in [3.05, 3.63) is 47.7 Å². The van der Waals surface area contributed by atoms with Crippen molar-refractivity contribution >= 4 is 22.8 Å². The molecule has 6 nitrogen and oxygen atoms in total. The number of pyridine rings is 1. The van der Waals surface area contributed by atoms with Crippen LogP contribution in [0.2, 0.25) is 0 Å². The molecule has 0 unspecified atom stereocenters. The minimum Gasteiger partial charge on any atom is -0.309 e. The average Bonchev–Trinajstić information content (AvgIpc) is 2.83. The Bertz CT molecular complexity index is 794. The van der Waals surface area contributed by atoms with Gasteiger partial charge < -0.3 is 5.32 Å². The quantitative estimate of drug-likeness (QED) is 0.797. The number of rotatable bonds is 3. The molecule has 0 saturated carbocycles. The fraction of sp³-hybridized carbons (Fsp3) is 0.200. The Morgan fingerprint density at radius 3 is 2.81 bits per heavy atom. The maximum absolute atomic E-state index is 12.0. The van der Waals surface area contributed by atoms with Gasteiger partial charge in [-0.15, -0.1) is 5.10 Å². The van der Waals surface area contributed by atoms with Gasteiger partial charge in [-0.3, -0.25) is 4.79 Å². The van der Waals surface area contributed by atoms with Gasteiger partial charge in [0.15, 0.2) is 0 Å². The van der Waals surface area contributed by atoms with Gasteiger partial charge in [0.2, 0.25) is 5.91 Å². The third kappa shape index (κ3) is 2.74. The third-order valence-corrected chi connectivity index (χ3v) is 3.36. The van der Waals surface area contributed by atoms with E-state index in [1.54, 1.807) is 23.0 Å². The highest BCUT2D eigenvalue weighted by Gasteiger charge is 2.10. The van der Waals surface area contributed by atoms with Crippen LogP contribution in [0.1, 0.15) is 11.1 Å². The molecule has 2 aromatic heterocycles. The lowest BCUT2D eigenvalue weighted by Gasteiger charge is -2.05. The molecule has 0 aliphatic carbocycles. The highest BCUT2D eigenvalue weighted by atomic mass is 16.2. The number of amides is 1. The SMILES string of the molecule is Cc1cc2nnn(CC(=O)Nc3ccccn3)c2cc1C. The molecule has 2 heterocycles. The Kier molecular flexibility index (Phi) is 3.35. The number of fused-ring (bicyclic) bond motifs is 1. The van der Waals surface area contributed by atoms with Crippen LogP contribution in [0.3, 0.4) is 0 Å². The van der Waals surface area contributed by atoms with E-state index in [1.807, 2.05) is 32.0 Å². The summed E-state index contributed by atoms with van der Waals surface area (Å²) >= 11 is 0. The van der Waals surface area contributed by atoms with Crippen molar-refractivity contribution in [2.45, 2.75) is 20.4 Å². The number of benzene rings is 1. The van der Waals surface area contributed by atoms with Crippen molar-refractivity contribution < 1.29 is 4.79 Å². The van der Waals surface area contributed by atoms with Crippen molar-refractivity contribution in [1.82, 2.24) is 20.0 Å². The molecule has 0 spiro atoms. The van der Waals surface area contributed by atoms with Crippen molar-refractivity contribution in [3.63, 3.8) is 0 Å². The number of aryl methyl sites for hydroxylation is 2. The molecule has 106 valence electrons. The number of nitrogens with zero attached hydrogens (tertiary/aromatic N) is 4. The van der Waals surface area contributed by atoms with Crippen LogP contribution < -0.4 is 5.32 Å². The second-order valence-corrected chi connectivity index (χ2v) is 4.94. The summed E-state index contributed by atoms with van der Waals surface area (Å²) in [5.41, 5.74) is 3.96. The van der Waals surface area contributed by atoms with E-state index in [0.717, 1.165) is 22.2 Å².